The highest BCUT2D eigenvalue weighted by Gasteiger charge is 2.34. The predicted octanol–water partition coefficient (Wildman–Crippen LogP) is 12.5. The van der Waals surface area contributed by atoms with Gasteiger partial charge in [-0.3, -0.25) is 9.32 Å². The number of carbonyl (C=O) groups excluding carboxylic acids is 1. The summed E-state index contributed by atoms with van der Waals surface area (Å²) in [6.45, 7) is 4.52. The van der Waals surface area contributed by atoms with Gasteiger partial charge in [-0.1, -0.05) is 190 Å². The van der Waals surface area contributed by atoms with E-state index in [1.54, 1.807) is 0 Å². The van der Waals surface area contributed by atoms with Crippen molar-refractivity contribution in [2.45, 2.75) is 218 Å². The smallest absolute Gasteiger partial charge is 0.391 e. The first kappa shape index (κ1) is 45.5. The average Bonchev–Trinajstić information content (AvgIpc) is 2.99. The number of halogens is 2. The molecule has 1 amide bonds. The molecule has 2 unspecified atom stereocenters. The minimum atomic E-state index is -3.97. The first-order valence-corrected chi connectivity index (χ1v) is 23.7. The van der Waals surface area contributed by atoms with Gasteiger partial charge in [0.25, 0.3) is 0 Å². The number of carbonyl (C=O) groups is 1. The molecular formula is C36H72Br2NO5P. The second kappa shape index (κ2) is 33.1. The maximum absolute atomic E-state index is 12.9. The lowest BCUT2D eigenvalue weighted by Crippen LogP contribution is -2.51. The Bertz CT molecular complexity index is 696. The van der Waals surface area contributed by atoms with Crippen LogP contribution in [0.15, 0.2) is 0 Å². The van der Waals surface area contributed by atoms with E-state index in [0.29, 0.717) is 24.6 Å². The molecule has 0 radical (unpaired) electrons. The molecule has 3 N–H and O–H groups in total. The zero-order valence-electron chi connectivity index (χ0n) is 29.3. The molecule has 0 rings (SSSR count). The van der Waals surface area contributed by atoms with Crippen LogP contribution in [0.5, 0.6) is 0 Å². The van der Waals surface area contributed by atoms with Crippen LogP contribution in [0.1, 0.15) is 200 Å². The summed E-state index contributed by atoms with van der Waals surface area (Å²) in [5.74, 6) is -0.127. The number of rotatable bonds is 35. The summed E-state index contributed by atoms with van der Waals surface area (Å²) in [5.41, 5.74) is 0. The number of aliphatic hydroxyl groups is 1. The molecule has 0 saturated heterocycles. The van der Waals surface area contributed by atoms with Gasteiger partial charge < -0.3 is 15.3 Å². The minimum Gasteiger partial charge on any atom is -0.391 e. The monoisotopic (exact) mass is 787 g/mol. The number of hydrogen-bond acceptors (Lipinski definition) is 4. The Hall–Kier alpha value is 0.540. The van der Waals surface area contributed by atoms with Gasteiger partial charge in [-0.05, 0) is 19.3 Å². The van der Waals surface area contributed by atoms with Crippen LogP contribution in [-0.4, -0.2) is 39.5 Å². The Morgan fingerprint density at radius 1 is 0.644 bits per heavy atom. The topological polar surface area (TPSA) is 95.9 Å². The fourth-order valence-corrected chi connectivity index (χ4v) is 7.79. The van der Waals surface area contributed by atoms with Crippen LogP contribution in [0.2, 0.25) is 0 Å². The molecule has 6 nitrogen and oxygen atoms in total. The van der Waals surface area contributed by atoms with Crippen LogP contribution in [0.4, 0.5) is 0 Å². The normalized spacial score (nSPS) is 15.1. The van der Waals surface area contributed by atoms with Gasteiger partial charge in [-0.25, -0.2) is 4.57 Å². The molecule has 0 aliphatic heterocycles. The summed E-state index contributed by atoms with van der Waals surface area (Å²) in [6.07, 6.45) is 28.3. The second-order valence-electron chi connectivity index (χ2n) is 13.3. The van der Waals surface area contributed by atoms with Crippen LogP contribution < -0.4 is 5.32 Å². The number of unbranched alkanes of at least 4 members (excludes halogenated alkanes) is 24. The van der Waals surface area contributed by atoms with Crippen molar-refractivity contribution in [2.24, 2.45) is 0 Å². The molecule has 0 fully saturated rings. The quantitative estimate of drug-likeness (QED) is 0.0338. The lowest BCUT2D eigenvalue weighted by atomic mass is 9.96. The van der Waals surface area contributed by atoms with Gasteiger partial charge >= 0.3 is 6.30 Å². The fraction of sp³-hybridized carbons (Fsp3) is 0.972. The van der Waals surface area contributed by atoms with Crippen molar-refractivity contribution in [3.8, 4) is 0 Å². The first-order chi connectivity index (χ1) is 21.7. The van der Waals surface area contributed by atoms with Gasteiger partial charge in [0, 0.05) is 27.2 Å². The molecule has 0 spiro atoms. The summed E-state index contributed by atoms with van der Waals surface area (Å²) in [4.78, 5) is 22.7. The van der Waals surface area contributed by atoms with Crippen molar-refractivity contribution in [3.63, 3.8) is 0 Å². The van der Waals surface area contributed by atoms with E-state index < -0.39 is 24.5 Å². The molecule has 0 bridgehead atoms. The molecule has 45 heavy (non-hydrogen) atoms. The lowest BCUT2D eigenvalue weighted by molar-refractivity contribution is -0.124. The highest BCUT2D eigenvalue weighted by Crippen LogP contribution is 2.52. The van der Waals surface area contributed by atoms with Crippen molar-refractivity contribution >= 4 is 43.6 Å². The molecule has 4 atom stereocenters. The summed E-state index contributed by atoms with van der Waals surface area (Å²) in [6, 6.07) is -0.729. The Morgan fingerprint density at radius 2 is 1.00 bits per heavy atom. The van der Waals surface area contributed by atoms with E-state index in [1.165, 1.54) is 128 Å². The van der Waals surface area contributed by atoms with Gasteiger partial charge in [-0.2, -0.15) is 0 Å². The van der Waals surface area contributed by atoms with Gasteiger partial charge in [0.05, 0.1) is 18.2 Å². The van der Waals surface area contributed by atoms with Crippen LogP contribution in [-0.2, 0) is 13.9 Å². The molecule has 0 aromatic heterocycles. The van der Waals surface area contributed by atoms with E-state index in [0.717, 1.165) is 38.5 Å². The number of nitrogens with one attached hydrogen (secondary N) is 1. The van der Waals surface area contributed by atoms with Crippen LogP contribution >= 0.6 is 37.7 Å². The number of alkyl halides is 1. The van der Waals surface area contributed by atoms with E-state index in [2.05, 4.69) is 50.6 Å². The molecule has 0 saturated carbocycles. The molecular weight excluding hydrogens is 717 g/mol. The second-order valence-corrected chi connectivity index (χ2v) is 17.9. The summed E-state index contributed by atoms with van der Waals surface area (Å²) >= 11 is 6.12. The fourth-order valence-electron chi connectivity index (χ4n) is 6.12. The molecule has 0 aliphatic rings. The third kappa shape index (κ3) is 31.6. The van der Waals surface area contributed by atoms with E-state index in [-0.39, 0.29) is 5.91 Å². The average molecular weight is 790 g/mol. The maximum Gasteiger partial charge on any atom is 0.393 e. The van der Waals surface area contributed by atoms with Crippen LogP contribution in [0.3, 0.4) is 0 Å². The van der Waals surface area contributed by atoms with E-state index in [1.807, 2.05) is 0 Å². The summed E-state index contributed by atoms with van der Waals surface area (Å²) in [5, 5.41) is 14.6. The molecule has 270 valence electrons. The molecule has 0 aromatic rings. The number of amides is 1. The zero-order valence-corrected chi connectivity index (χ0v) is 33.3. The first-order valence-electron chi connectivity index (χ1n) is 19.0. The van der Waals surface area contributed by atoms with E-state index >= 15 is 0 Å². The van der Waals surface area contributed by atoms with Gasteiger partial charge in [0.15, 0.2) is 0 Å². The third-order valence-corrected chi connectivity index (χ3v) is 10.4. The van der Waals surface area contributed by atoms with Crippen LogP contribution in [0.25, 0.3) is 0 Å². The number of aliphatic hydroxyl groups excluding tert-OH is 1. The zero-order chi connectivity index (χ0) is 33.4. The van der Waals surface area contributed by atoms with Crippen LogP contribution in [0, 0.1) is 0 Å². The van der Waals surface area contributed by atoms with E-state index in [9.17, 15) is 19.4 Å². The highest BCUT2D eigenvalue weighted by molar-refractivity contribution is 9.39. The van der Waals surface area contributed by atoms with E-state index in [4.69, 9.17) is 4.52 Å². The van der Waals surface area contributed by atoms with Crippen molar-refractivity contribution < 1.29 is 23.9 Å². The van der Waals surface area contributed by atoms with Gasteiger partial charge in [0.2, 0.25) is 5.91 Å². The van der Waals surface area contributed by atoms with Crippen molar-refractivity contribution in [2.75, 3.05) is 5.33 Å². The van der Waals surface area contributed by atoms with Crippen molar-refractivity contribution in [1.82, 2.24) is 5.32 Å². The Labute approximate surface area is 295 Å². The molecule has 0 aliphatic carbocycles. The maximum atomic E-state index is 12.9. The Kier molecular flexibility index (Phi) is 33.5. The van der Waals surface area contributed by atoms with Gasteiger partial charge in [-0.15, -0.1) is 0 Å². The molecule has 9 heteroatoms. The standard InChI is InChI=1S/C36H72Br2NO5P/c1-3-5-7-9-11-13-15-17-19-21-23-25-27-29-33(40)36(34(31-32-37)44-45(38,42)43)39-35(41)30-28-26-24-22-20-18-16-14-12-10-8-6-4-2/h33-34,36,40H,3-32H2,1-2H3,(H,39,41)(H,42,43)/t33-,34?,36+/m1/s1. The Morgan fingerprint density at radius 3 is 1.36 bits per heavy atom. The summed E-state index contributed by atoms with van der Waals surface area (Å²) in [7, 11) is 0. The Balaban J connectivity index is 4.36. The lowest BCUT2D eigenvalue weighted by Gasteiger charge is -2.32. The largest absolute Gasteiger partial charge is 0.393 e. The SMILES string of the molecule is CCCCCCCCCCCCCCCC(=O)N[C@H](C(CCBr)OP(=O)(O)Br)[C@H](O)CCCCCCCCCCCCCCC. The molecule has 0 aromatic carbocycles. The third-order valence-electron chi connectivity index (χ3n) is 8.91. The van der Waals surface area contributed by atoms with Crippen molar-refractivity contribution in [3.05, 3.63) is 0 Å². The minimum absolute atomic E-state index is 0.127. The van der Waals surface area contributed by atoms with Gasteiger partial charge in [0.1, 0.15) is 0 Å². The highest BCUT2D eigenvalue weighted by atomic mass is 79.9. The van der Waals surface area contributed by atoms with Crippen molar-refractivity contribution in [1.29, 1.82) is 0 Å². The number of hydrogen-bond donors (Lipinski definition) is 3. The summed E-state index contributed by atoms with van der Waals surface area (Å²) < 4.78 is 17.5. The predicted molar refractivity (Wildman–Crippen MR) is 201 cm³/mol. The molecule has 0 heterocycles.